The van der Waals surface area contributed by atoms with Crippen LogP contribution in [0.4, 0.5) is 4.39 Å². The van der Waals surface area contributed by atoms with E-state index < -0.39 is 0 Å². The summed E-state index contributed by atoms with van der Waals surface area (Å²) in [5.41, 5.74) is 1.04. The molecule has 0 unspecified atom stereocenters. The van der Waals surface area contributed by atoms with Crippen LogP contribution < -0.4 is 0 Å². The maximum absolute atomic E-state index is 13.0. The van der Waals surface area contributed by atoms with Gasteiger partial charge in [0.05, 0.1) is 5.02 Å². The molecule has 0 fully saturated rings. The van der Waals surface area contributed by atoms with Crippen molar-refractivity contribution >= 4 is 11.6 Å². The highest BCUT2D eigenvalue weighted by molar-refractivity contribution is 6.30. The first-order valence-corrected chi connectivity index (χ1v) is 5.55. The van der Waals surface area contributed by atoms with E-state index in [1.165, 1.54) is 25.3 Å². The molecular weight excluding hydrogens is 199 g/mol. The van der Waals surface area contributed by atoms with Crippen LogP contribution in [0.25, 0.3) is 0 Å². The van der Waals surface area contributed by atoms with Crippen LogP contribution in [-0.4, -0.2) is 0 Å². The summed E-state index contributed by atoms with van der Waals surface area (Å²) in [4.78, 5) is 0. The van der Waals surface area contributed by atoms with Gasteiger partial charge in [-0.05, 0) is 30.5 Å². The SMILES string of the molecule is CCCCCCc1ccc(Cl)c(F)c1. The second kappa shape index (κ2) is 6.02. The van der Waals surface area contributed by atoms with Gasteiger partial charge >= 0.3 is 0 Å². The Balaban J connectivity index is 2.39. The van der Waals surface area contributed by atoms with Crippen molar-refractivity contribution in [1.29, 1.82) is 0 Å². The third kappa shape index (κ3) is 3.67. The molecule has 0 heterocycles. The summed E-state index contributed by atoms with van der Waals surface area (Å²) in [6.07, 6.45) is 5.80. The molecule has 0 spiro atoms. The van der Waals surface area contributed by atoms with Crippen LogP contribution in [-0.2, 0) is 6.42 Å². The van der Waals surface area contributed by atoms with Gasteiger partial charge in [-0.3, -0.25) is 0 Å². The van der Waals surface area contributed by atoms with Crippen LogP contribution in [0.5, 0.6) is 0 Å². The average molecular weight is 215 g/mol. The topological polar surface area (TPSA) is 0 Å². The maximum Gasteiger partial charge on any atom is 0.142 e. The molecule has 0 amide bonds. The number of halogens is 2. The highest BCUT2D eigenvalue weighted by Gasteiger charge is 2.00. The van der Waals surface area contributed by atoms with Crippen LogP contribution in [0, 0.1) is 5.82 Å². The fourth-order valence-electron chi connectivity index (χ4n) is 1.45. The van der Waals surface area contributed by atoms with Crippen LogP contribution in [0.3, 0.4) is 0 Å². The van der Waals surface area contributed by atoms with E-state index in [0.29, 0.717) is 0 Å². The average Bonchev–Trinajstić information content (AvgIpc) is 2.18. The highest BCUT2D eigenvalue weighted by Crippen LogP contribution is 2.17. The monoisotopic (exact) mass is 214 g/mol. The molecule has 1 rings (SSSR count). The van der Waals surface area contributed by atoms with Crippen molar-refractivity contribution in [2.45, 2.75) is 39.0 Å². The summed E-state index contributed by atoms with van der Waals surface area (Å²) in [7, 11) is 0. The quantitative estimate of drug-likeness (QED) is 0.629. The number of benzene rings is 1. The second-order valence-corrected chi connectivity index (χ2v) is 3.97. The summed E-state index contributed by atoms with van der Waals surface area (Å²) >= 11 is 5.59. The third-order valence-corrected chi connectivity index (χ3v) is 2.61. The Morgan fingerprint density at radius 3 is 2.64 bits per heavy atom. The van der Waals surface area contributed by atoms with Gasteiger partial charge in [-0.2, -0.15) is 0 Å². The molecule has 1 aromatic carbocycles. The summed E-state index contributed by atoms with van der Waals surface area (Å²) < 4.78 is 13.0. The van der Waals surface area contributed by atoms with Crippen molar-refractivity contribution in [1.82, 2.24) is 0 Å². The number of hydrogen-bond acceptors (Lipinski definition) is 0. The fraction of sp³-hybridized carbons (Fsp3) is 0.500. The van der Waals surface area contributed by atoms with Gasteiger partial charge in [0.15, 0.2) is 0 Å². The second-order valence-electron chi connectivity index (χ2n) is 3.56. The zero-order valence-corrected chi connectivity index (χ0v) is 9.28. The van der Waals surface area contributed by atoms with E-state index in [4.69, 9.17) is 11.6 Å². The van der Waals surface area contributed by atoms with E-state index in [-0.39, 0.29) is 10.8 Å². The van der Waals surface area contributed by atoms with Crippen molar-refractivity contribution < 1.29 is 4.39 Å². The normalized spacial score (nSPS) is 10.5. The molecule has 78 valence electrons. The standard InChI is InChI=1S/C12H16ClF/c1-2-3-4-5-6-10-7-8-11(13)12(14)9-10/h7-9H,2-6H2,1H3. The molecule has 0 atom stereocenters. The minimum atomic E-state index is -0.306. The molecule has 1 aromatic rings. The molecule has 0 aromatic heterocycles. The van der Waals surface area contributed by atoms with E-state index in [2.05, 4.69) is 6.92 Å². The smallest absolute Gasteiger partial charge is 0.142 e. The molecule has 0 aliphatic heterocycles. The Bertz CT molecular complexity index is 284. The van der Waals surface area contributed by atoms with Crippen LogP contribution in [0.2, 0.25) is 5.02 Å². The van der Waals surface area contributed by atoms with Gasteiger partial charge in [0.2, 0.25) is 0 Å². The summed E-state index contributed by atoms with van der Waals surface area (Å²) in [5, 5.41) is 0.210. The van der Waals surface area contributed by atoms with Gasteiger partial charge in [0, 0.05) is 0 Å². The van der Waals surface area contributed by atoms with Crippen molar-refractivity contribution in [3.8, 4) is 0 Å². The van der Waals surface area contributed by atoms with Crippen LogP contribution in [0.15, 0.2) is 18.2 Å². The third-order valence-electron chi connectivity index (χ3n) is 2.30. The number of aryl methyl sites for hydroxylation is 1. The maximum atomic E-state index is 13.0. The molecule has 0 N–H and O–H groups in total. The number of unbranched alkanes of at least 4 members (excludes halogenated alkanes) is 3. The van der Waals surface area contributed by atoms with Crippen molar-refractivity contribution in [3.63, 3.8) is 0 Å². The Morgan fingerprint density at radius 2 is 2.00 bits per heavy atom. The van der Waals surface area contributed by atoms with Gasteiger partial charge in [0.1, 0.15) is 5.82 Å². The molecular formula is C12H16ClF. The van der Waals surface area contributed by atoms with Crippen molar-refractivity contribution in [2.24, 2.45) is 0 Å². The first kappa shape index (κ1) is 11.5. The molecule has 0 saturated carbocycles. The summed E-state index contributed by atoms with van der Waals surface area (Å²) in [6, 6.07) is 5.07. The molecule has 0 bridgehead atoms. The fourth-order valence-corrected chi connectivity index (χ4v) is 1.57. The Labute approximate surface area is 90.1 Å². The Morgan fingerprint density at radius 1 is 1.21 bits per heavy atom. The van der Waals surface area contributed by atoms with Crippen molar-refractivity contribution in [3.05, 3.63) is 34.6 Å². The lowest BCUT2D eigenvalue weighted by molar-refractivity contribution is 0.621. The first-order valence-electron chi connectivity index (χ1n) is 5.18. The predicted octanol–water partition coefficient (Wildman–Crippen LogP) is 4.60. The van der Waals surface area contributed by atoms with Gasteiger partial charge in [-0.15, -0.1) is 0 Å². The van der Waals surface area contributed by atoms with E-state index in [1.54, 1.807) is 6.07 Å². The van der Waals surface area contributed by atoms with E-state index in [1.807, 2.05) is 6.07 Å². The lowest BCUT2D eigenvalue weighted by Gasteiger charge is -2.02. The van der Waals surface area contributed by atoms with Gasteiger partial charge < -0.3 is 0 Å². The largest absolute Gasteiger partial charge is 0.205 e. The summed E-state index contributed by atoms with van der Waals surface area (Å²) in [6.45, 7) is 2.18. The zero-order valence-electron chi connectivity index (χ0n) is 8.52. The summed E-state index contributed by atoms with van der Waals surface area (Å²) in [5.74, 6) is -0.306. The minimum Gasteiger partial charge on any atom is -0.205 e. The van der Waals surface area contributed by atoms with Crippen LogP contribution in [0.1, 0.15) is 38.2 Å². The van der Waals surface area contributed by atoms with E-state index in [9.17, 15) is 4.39 Å². The first-order chi connectivity index (χ1) is 6.74. The molecule has 14 heavy (non-hydrogen) atoms. The minimum absolute atomic E-state index is 0.210. The molecule has 0 nitrogen and oxygen atoms in total. The van der Waals surface area contributed by atoms with Gasteiger partial charge in [0.25, 0.3) is 0 Å². The van der Waals surface area contributed by atoms with E-state index >= 15 is 0 Å². The Hall–Kier alpha value is -0.560. The molecule has 0 saturated heterocycles. The predicted molar refractivity (Wildman–Crippen MR) is 59.3 cm³/mol. The molecule has 2 heteroatoms. The van der Waals surface area contributed by atoms with Gasteiger partial charge in [-0.1, -0.05) is 43.9 Å². The zero-order chi connectivity index (χ0) is 10.4. The highest BCUT2D eigenvalue weighted by atomic mass is 35.5. The van der Waals surface area contributed by atoms with Crippen molar-refractivity contribution in [2.75, 3.05) is 0 Å². The lowest BCUT2D eigenvalue weighted by Crippen LogP contribution is -1.87. The molecule has 0 aliphatic carbocycles. The number of hydrogen-bond donors (Lipinski definition) is 0. The molecule has 0 aliphatic rings. The molecule has 0 radical (unpaired) electrons. The van der Waals surface area contributed by atoms with Gasteiger partial charge in [-0.25, -0.2) is 4.39 Å². The van der Waals surface area contributed by atoms with E-state index in [0.717, 1.165) is 18.4 Å². The lowest BCUT2D eigenvalue weighted by atomic mass is 10.1. The van der Waals surface area contributed by atoms with Crippen LogP contribution >= 0.6 is 11.6 Å². The number of rotatable bonds is 5. The Kier molecular flexibility index (Phi) is 4.95.